The maximum atomic E-state index is 5.85. The van der Waals surface area contributed by atoms with Gasteiger partial charge >= 0.3 is 0 Å². The van der Waals surface area contributed by atoms with Gasteiger partial charge in [-0.3, -0.25) is 0 Å². The Kier molecular flexibility index (Phi) is 3.92. The molecule has 14 heavy (non-hydrogen) atoms. The molecule has 0 saturated carbocycles. The van der Waals surface area contributed by atoms with E-state index >= 15 is 0 Å². The van der Waals surface area contributed by atoms with Crippen molar-refractivity contribution in [3.63, 3.8) is 0 Å². The van der Waals surface area contributed by atoms with Gasteiger partial charge in [-0.2, -0.15) is 0 Å². The fourth-order valence-electron chi connectivity index (χ4n) is 1.31. The van der Waals surface area contributed by atoms with Crippen LogP contribution in [0.4, 0.5) is 5.82 Å². The molecule has 1 heterocycles. The molecule has 76 valence electrons. The van der Waals surface area contributed by atoms with Crippen LogP contribution in [0.5, 0.6) is 0 Å². The van der Waals surface area contributed by atoms with Crippen molar-refractivity contribution in [3.8, 4) is 0 Å². The lowest BCUT2D eigenvalue weighted by molar-refractivity contribution is 0.604. The van der Waals surface area contributed by atoms with Crippen molar-refractivity contribution in [2.24, 2.45) is 0 Å². The molecular formula is C10H14ClN3. The van der Waals surface area contributed by atoms with Crippen molar-refractivity contribution in [3.05, 3.63) is 35.5 Å². The average molecular weight is 212 g/mol. The summed E-state index contributed by atoms with van der Waals surface area (Å²) in [7, 11) is 1.87. The highest BCUT2D eigenvalue weighted by atomic mass is 35.5. The number of nitrogens with one attached hydrogen (secondary N) is 1. The Morgan fingerprint density at radius 3 is 3.07 bits per heavy atom. The normalized spacial score (nSPS) is 12.4. The second-order valence-corrected chi connectivity index (χ2v) is 3.43. The van der Waals surface area contributed by atoms with Crippen LogP contribution in [0.25, 0.3) is 0 Å². The second kappa shape index (κ2) is 4.98. The summed E-state index contributed by atoms with van der Waals surface area (Å²) in [5, 5.41) is 3.73. The van der Waals surface area contributed by atoms with Gasteiger partial charge in [-0.25, -0.2) is 4.98 Å². The van der Waals surface area contributed by atoms with E-state index in [1.165, 1.54) is 0 Å². The first-order chi connectivity index (χ1) is 6.69. The van der Waals surface area contributed by atoms with E-state index in [2.05, 4.69) is 16.9 Å². The van der Waals surface area contributed by atoms with Crippen molar-refractivity contribution in [1.82, 2.24) is 10.3 Å². The van der Waals surface area contributed by atoms with Gasteiger partial charge in [-0.15, -0.1) is 6.58 Å². The van der Waals surface area contributed by atoms with Crippen molar-refractivity contribution < 1.29 is 0 Å². The molecule has 0 saturated heterocycles. The lowest BCUT2D eigenvalue weighted by Gasteiger charge is -2.16. The largest absolute Gasteiger partial charge is 0.383 e. The molecule has 1 aromatic rings. The van der Waals surface area contributed by atoms with Crippen molar-refractivity contribution in [1.29, 1.82) is 0 Å². The molecule has 1 atom stereocenters. The number of aromatic nitrogens is 1. The van der Waals surface area contributed by atoms with Crippen LogP contribution in [-0.2, 0) is 0 Å². The molecule has 4 heteroatoms. The van der Waals surface area contributed by atoms with Gasteiger partial charge in [0.2, 0.25) is 0 Å². The minimum absolute atomic E-state index is 0.124. The third-order valence-corrected chi connectivity index (χ3v) is 2.25. The molecule has 0 bridgehead atoms. The van der Waals surface area contributed by atoms with Crippen molar-refractivity contribution in [2.45, 2.75) is 12.5 Å². The molecule has 1 unspecified atom stereocenters. The number of anilines is 1. The zero-order chi connectivity index (χ0) is 10.6. The highest BCUT2D eigenvalue weighted by Gasteiger charge is 2.11. The molecule has 0 amide bonds. The van der Waals surface area contributed by atoms with Crippen LogP contribution in [0, 0.1) is 0 Å². The van der Waals surface area contributed by atoms with E-state index in [1.807, 2.05) is 19.2 Å². The maximum absolute atomic E-state index is 5.85. The summed E-state index contributed by atoms with van der Waals surface area (Å²) >= 11 is 5.85. The van der Waals surface area contributed by atoms with E-state index < -0.39 is 0 Å². The molecule has 0 aliphatic rings. The summed E-state index contributed by atoms with van der Waals surface area (Å²) in [6, 6.07) is 1.95. The number of hydrogen-bond acceptors (Lipinski definition) is 3. The highest BCUT2D eigenvalue weighted by Crippen LogP contribution is 2.24. The maximum Gasteiger partial charge on any atom is 0.128 e. The first kappa shape index (κ1) is 11.0. The molecule has 1 rings (SSSR count). The number of halogens is 1. The molecule has 0 aliphatic heterocycles. The standard InChI is InChI=1S/C10H14ClN3/c1-3-4-9(13-2)8-5-7(11)6-14-10(8)12/h3,5-6,9,13H,1,4H2,2H3,(H2,12,14). The molecule has 3 N–H and O–H groups in total. The molecule has 1 aromatic heterocycles. The Hall–Kier alpha value is -1.06. The number of nitrogen functional groups attached to an aromatic ring is 1. The molecule has 3 nitrogen and oxygen atoms in total. The van der Waals surface area contributed by atoms with Crippen molar-refractivity contribution >= 4 is 17.4 Å². The summed E-state index contributed by atoms with van der Waals surface area (Å²) in [6.45, 7) is 3.69. The zero-order valence-corrected chi connectivity index (χ0v) is 8.88. The average Bonchev–Trinajstić information content (AvgIpc) is 2.18. The lowest BCUT2D eigenvalue weighted by Crippen LogP contribution is -2.17. The smallest absolute Gasteiger partial charge is 0.128 e. The topological polar surface area (TPSA) is 50.9 Å². The van der Waals surface area contributed by atoms with Crippen LogP contribution in [-0.4, -0.2) is 12.0 Å². The molecule has 0 aliphatic carbocycles. The van der Waals surface area contributed by atoms with E-state index in [9.17, 15) is 0 Å². The van der Waals surface area contributed by atoms with Gasteiger partial charge in [0.1, 0.15) is 5.82 Å². The third-order valence-electron chi connectivity index (χ3n) is 2.04. The molecule has 0 fully saturated rings. The molecule has 0 radical (unpaired) electrons. The number of hydrogen-bond donors (Lipinski definition) is 2. The quantitative estimate of drug-likeness (QED) is 0.751. The summed E-state index contributed by atoms with van der Waals surface area (Å²) in [5.41, 5.74) is 6.67. The first-order valence-corrected chi connectivity index (χ1v) is 4.76. The van der Waals surface area contributed by atoms with Gasteiger partial charge in [0.25, 0.3) is 0 Å². The second-order valence-electron chi connectivity index (χ2n) is 2.99. The monoisotopic (exact) mass is 211 g/mol. The van der Waals surface area contributed by atoms with Gasteiger partial charge in [0.05, 0.1) is 5.02 Å². The van der Waals surface area contributed by atoms with Crippen LogP contribution < -0.4 is 11.1 Å². The Morgan fingerprint density at radius 2 is 2.50 bits per heavy atom. The Balaban J connectivity index is 3.01. The summed E-state index contributed by atoms with van der Waals surface area (Å²) in [4.78, 5) is 4.00. The third kappa shape index (κ3) is 2.47. The minimum Gasteiger partial charge on any atom is -0.383 e. The first-order valence-electron chi connectivity index (χ1n) is 4.38. The number of pyridine rings is 1. The van der Waals surface area contributed by atoms with Gasteiger partial charge in [-0.1, -0.05) is 17.7 Å². The van der Waals surface area contributed by atoms with E-state index in [-0.39, 0.29) is 6.04 Å². The Bertz CT molecular complexity index is 325. The number of nitrogens with two attached hydrogens (primary N) is 1. The minimum atomic E-state index is 0.124. The van der Waals surface area contributed by atoms with Crippen LogP contribution in [0.3, 0.4) is 0 Å². The van der Waals surface area contributed by atoms with Crippen LogP contribution in [0.2, 0.25) is 5.02 Å². The van der Waals surface area contributed by atoms with E-state index in [0.717, 1.165) is 12.0 Å². The highest BCUT2D eigenvalue weighted by molar-refractivity contribution is 6.30. The number of rotatable bonds is 4. The fourth-order valence-corrected chi connectivity index (χ4v) is 1.48. The number of nitrogens with zero attached hydrogens (tertiary/aromatic N) is 1. The molecule has 0 spiro atoms. The van der Waals surface area contributed by atoms with E-state index in [0.29, 0.717) is 10.8 Å². The zero-order valence-electron chi connectivity index (χ0n) is 8.13. The summed E-state index contributed by atoms with van der Waals surface area (Å²) in [6.07, 6.45) is 4.17. The van der Waals surface area contributed by atoms with Crippen LogP contribution >= 0.6 is 11.6 Å². The van der Waals surface area contributed by atoms with E-state index in [4.69, 9.17) is 17.3 Å². The SMILES string of the molecule is C=CCC(NC)c1cc(Cl)cnc1N. The Labute approximate surface area is 89.0 Å². The predicted molar refractivity (Wildman–Crippen MR) is 60.3 cm³/mol. The molecule has 0 aromatic carbocycles. The van der Waals surface area contributed by atoms with Gasteiger partial charge in [-0.05, 0) is 19.5 Å². The van der Waals surface area contributed by atoms with Gasteiger partial charge in [0.15, 0.2) is 0 Å². The lowest BCUT2D eigenvalue weighted by atomic mass is 10.1. The summed E-state index contributed by atoms with van der Waals surface area (Å²) in [5.74, 6) is 0.510. The van der Waals surface area contributed by atoms with E-state index in [1.54, 1.807) is 6.20 Å². The van der Waals surface area contributed by atoms with Crippen LogP contribution in [0.15, 0.2) is 24.9 Å². The Morgan fingerprint density at radius 1 is 1.79 bits per heavy atom. The fraction of sp³-hybridized carbons (Fsp3) is 0.300. The summed E-state index contributed by atoms with van der Waals surface area (Å²) < 4.78 is 0. The van der Waals surface area contributed by atoms with Gasteiger partial charge in [0, 0.05) is 17.8 Å². The van der Waals surface area contributed by atoms with Crippen LogP contribution in [0.1, 0.15) is 18.0 Å². The predicted octanol–water partition coefficient (Wildman–Crippen LogP) is 2.15. The van der Waals surface area contributed by atoms with Crippen molar-refractivity contribution in [2.75, 3.05) is 12.8 Å². The molecular weight excluding hydrogens is 198 g/mol. The van der Waals surface area contributed by atoms with Gasteiger partial charge < -0.3 is 11.1 Å².